The topological polar surface area (TPSA) is 375 Å². The lowest BCUT2D eigenvalue weighted by Crippen LogP contribution is -2.61. The third-order valence-corrected chi connectivity index (χ3v) is 20.2. The fourth-order valence-corrected chi connectivity index (χ4v) is 13.9. The van der Waals surface area contributed by atoms with E-state index in [1.807, 2.05) is 110 Å². The Kier molecular flexibility index (Phi) is 27.8. The summed E-state index contributed by atoms with van der Waals surface area (Å²) in [5, 5.41) is 61.7. The normalized spacial score (nSPS) is 18.6. The van der Waals surface area contributed by atoms with E-state index in [9.17, 15) is 54.0 Å². The van der Waals surface area contributed by atoms with Crippen molar-refractivity contribution in [3.63, 3.8) is 0 Å². The van der Waals surface area contributed by atoms with Crippen LogP contribution in [0.4, 0.5) is 17.1 Å². The van der Waals surface area contributed by atoms with E-state index in [1.54, 1.807) is 49.2 Å². The number of hydrogen-bond acceptors (Lipinski definition) is 21. The summed E-state index contributed by atoms with van der Waals surface area (Å²) in [5.74, 6) is -4.10. The number of carboxylic acids is 1. The number of hydrogen-bond donors (Lipinski definition) is 11. The maximum atomic E-state index is 14.5. The number of carboxylic acid groups (broad SMARTS) is 1. The number of pyridine rings is 1. The van der Waals surface area contributed by atoms with Crippen LogP contribution in [0.2, 0.25) is 0 Å². The zero-order chi connectivity index (χ0) is 78.3. The van der Waals surface area contributed by atoms with Crippen molar-refractivity contribution in [1.82, 2.24) is 50.7 Å². The molecule has 5 aromatic carbocycles. The highest BCUT2D eigenvalue weighted by Gasteiger charge is 2.49. The Morgan fingerprint density at radius 2 is 1.49 bits per heavy atom. The molecule has 110 heavy (non-hydrogen) atoms. The number of aliphatic carboxylic acids is 1. The molecule has 0 unspecified atom stereocenters. The van der Waals surface area contributed by atoms with Gasteiger partial charge < -0.3 is 99.7 Å². The summed E-state index contributed by atoms with van der Waals surface area (Å²) in [6.45, 7) is 10.5. The summed E-state index contributed by atoms with van der Waals surface area (Å²) in [7, 11) is 7.79. The quantitative estimate of drug-likeness (QED) is 0.0123. The van der Waals surface area contributed by atoms with Crippen LogP contribution >= 0.6 is 11.6 Å². The number of hydrazine groups is 1. The van der Waals surface area contributed by atoms with Crippen LogP contribution in [0.3, 0.4) is 0 Å². The lowest BCUT2D eigenvalue weighted by molar-refractivity contribution is -0.271. The van der Waals surface area contributed by atoms with Gasteiger partial charge in [-0.3, -0.25) is 34.2 Å². The highest BCUT2D eigenvalue weighted by Crippen LogP contribution is 2.46. The molecule has 3 aromatic heterocycles. The summed E-state index contributed by atoms with van der Waals surface area (Å²) in [5.41, 5.74) is 8.89. The molecule has 0 saturated carbocycles. The number of nitrogens with one attached hydrogen (secondary N) is 7. The average Bonchev–Trinajstić information content (AvgIpc) is 1.57. The van der Waals surface area contributed by atoms with E-state index in [-0.39, 0.29) is 73.6 Å². The molecule has 8 aromatic rings. The van der Waals surface area contributed by atoms with Gasteiger partial charge in [-0.25, -0.2) is 14.8 Å². The number of halogens is 1. The molecule has 8 atom stereocenters. The van der Waals surface area contributed by atoms with Crippen molar-refractivity contribution in [2.45, 2.75) is 121 Å². The van der Waals surface area contributed by atoms with E-state index in [4.69, 9.17) is 40.0 Å². The van der Waals surface area contributed by atoms with Crippen LogP contribution < -0.4 is 51.1 Å². The second kappa shape index (κ2) is 37.7. The van der Waals surface area contributed by atoms with Crippen LogP contribution in [0.15, 0.2) is 121 Å². The summed E-state index contributed by atoms with van der Waals surface area (Å²) in [6.07, 6.45) is -6.54. The molecule has 3 aliphatic rings. The molecule has 0 spiro atoms. The van der Waals surface area contributed by atoms with Gasteiger partial charge in [-0.2, -0.15) is 0 Å². The largest absolute Gasteiger partial charge is 0.492 e. The highest BCUT2D eigenvalue weighted by molar-refractivity contribution is 6.19. The molecular formula is C79H98ClN13O17. The van der Waals surface area contributed by atoms with Crippen LogP contribution in [-0.4, -0.2) is 240 Å². The Morgan fingerprint density at radius 3 is 2.22 bits per heavy atom. The number of rotatable bonds is 36. The van der Waals surface area contributed by atoms with Gasteiger partial charge in [0.1, 0.15) is 72.2 Å². The molecule has 3 aliphatic heterocycles. The number of carbonyl (C=O) groups is 7. The monoisotopic (exact) mass is 1540 g/mol. The molecule has 11 N–H and O–H groups in total. The number of anilines is 3. The number of likely N-dealkylation sites (N-methyl/N-ethyl adjacent to an activating group) is 1. The number of benzene rings is 5. The van der Waals surface area contributed by atoms with E-state index >= 15 is 0 Å². The molecule has 6 amide bonds. The lowest BCUT2D eigenvalue weighted by atomic mass is 9.95. The SMILES string of the molecule is CNN(C)Cc1cc2cccnc2n1CCC(=O)N1CCC(NCCOCCOCCC(=O)Nc2ccc(C(=O)N[C@H](C(=O)N[C@@H](C)C(=O)Nc3ccc(COc4cc5c(c6ccccc46)[C@H](CCl)CN5C(=O)c4cc5cc(OCCN(C)C)ccc5[nH]4)cc3)C(C)C)c(O[C@@H]3O[C@H](C(=O)O)[C@@H](O)[C@H](O)[C@H]3O)c2)CC1. The van der Waals surface area contributed by atoms with Gasteiger partial charge in [-0.1, -0.05) is 50.2 Å². The van der Waals surface area contributed by atoms with Crippen LogP contribution in [0.25, 0.3) is 32.7 Å². The summed E-state index contributed by atoms with van der Waals surface area (Å²) >= 11 is 6.63. The van der Waals surface area contributed by atoms with Crippen LogP contribution in [-0.2, 0) is 57.9 Å². The highest BCUT2D eigenvalue weighted by atomic mass is 35.5. The third kappa shape index (κ3) is 20.2. The number of carbonyl (C=O) groups excluding carboxylic acids is 6. The summed E-state index contributed by atoms with van der Waals surface area (Å²) < 4.78 is 37.3. The first-order chi connectivity index (χ1) is 52.9. The molecule has 0 radical (unpaired) electrons. The molecule has 31 heteroatoms. The Balaban J connectivity index is 0.639. The van der Waals surface area contributed by atoms with Crippen molar-refractivity contribution in [2.75, 3.05) is 115 Å². The predicted molar refractivity (Wildman–Crippen MR) is 413 cm³/mol. The van der Waals surface area contributed by atoms with Gasteiger partial charge in [0.05, 0.1) is 50.6 Å². The molecule has 0 aliphatic carbocycles. The van der Waals surface area contributed by atoms with Crippen LogP contribution in [0.1, 0.15) is 90.0 Å². The number of likely N-dealkylation sites (tertiary alicyclic amines) is 1. The van der Waals surface area contributed by atoms with Gasteiger partial charge >= 0.3 is 5.97 Å². The van der Waals surface area contributed by atoms with Gasteiger partial charge in [-0.15, -0.1) is 11.6 Å². The van der Waals surface area contributed by atoms with Crippen LogP contribution in [0, 0.1) is 5.92 Å². The van der Waals surface area contributed by atoms with Gasteiger partial charge in [0, 0.05) is 128 Å². The number of aliphatic hydroxyl groups is 3. The molecular weight excluding hydrogens is 1440 g/mol. The number of fused-ring (bicyclic) bond motifs is 5. The molecule has 0 bridgehead atoms. The minimum Gasteiger partial charge on any atom is -0.492 e. The zero-order valence-electron chi connectivity index (χ0n) is 62.7. The van der Waals surface area contributed by atoms with Crippen molar-refractivity contribution in [3.05, 3.63) is 150 Å². The lowest BCUT2D eigenvalue weighted by Gasteiger charge is -2.38. The average molecular weight is 1540 g/mol. The number of amides is 6. The van der Waals surface area contributed by atoms with Crippen molar-refractivity contribution < 1.29 is 82.4 Å². The first kappa shape index (κ1) is 81.2. The molecule has 2 saturated heterocycles. The Bertz CT molecular complexity index is 4550. The summed E-state index contributed by atoms with van der Waals surface area (Å²) in [6, 6.07) is 31.9. The van der Waals surface area contributed by atoms with Crippen molar-refractivity contribution in [3.8, 4) is 17.2 Å². The number of aromatic nitrogens is 3. The first-order valence-corrected chi connectivity index (χ1v) is 37.5. The minimum absolute atomic E-state index is 0.00777. The number of alkyl halides is 1. The number of aryl methyl sites for hydroxylation is 1. The number of ether oxygens (including phenoxy) is 6. The van der Waals surface area contributed by atoms with Crippen molar-refractivity contribution in [1.29, 1.82) is 0 Å². The maximum Gasteiger partial charge on any atom is 0.335 e. The number of aromatic amines is 1. The fraction of sp³-hybridized carbons (Fsp3) is 0.443. The number of piperidine rings is 1. The third-order valence-electron chi connectivity index (χ3n) is 19.8. The fourth-order valence-electron chi connectivity index (χ4n) is 13.6. The maximum absolute atomic E-state index is 14.5. The first-order valence-electron chi connectivity index (χ1n) is 36.9. The molecule has 11 rings (SSSR count). The molecule has 2 fully saturated rings. The van der Waals surface area contributed by atoms with E-state index in [2.05, 4.69) is 52.6 Å². The standard InChI is InChI=1S/C79H98ClN13O17/c1-46(2)68(76(101)84-47(3)74(99)86-53-16-14-48(15-17-53)45-108-63-41-62-67(58-13-9-8-12-57(58)63)51(42-80)43-93(62)77(102)61-39-50-38-56(19-21-60(50)87-61)107-34-31-89(5)6)88-75(100)59-20-18-54(40-64(59)109-79-71(98)69(96)70(97)72(110-79)78(103)104)85-65(94)25-32-105-35-36-106-33-27-82-52-22-28-91(29-23-52)66(95)24-30-92-55(44-90(7)81-4)37-49-11-10-26-83-73(49)92/h8-21,26,37-41,46-47,51-52,68-72,79,81-82,87,96-98H,22-25,27-36,42-45H2,1-7H3,(H,84,101)(H,85,94)(H,86,99)(H,88,100)(H,103,104)/t47-,51+,68-,69-,70-,71+,72-,79+/m0/s1. The van der Waals surface area contributed by atoms with E-state index in [1.165, 1.54) is 25.1 Å². The van der Waals surface area contributed by atoms with Gasteiger partial charge in [-0.05, 0) is 130 Å². The van der Waals surface area contributed by atoms with E-state index < -0.39 is 78.3 Å². The van der Waals surface area contributed by atoms with Crippen molar-refractivity contribution >= 4 is 103 Å². The van der Waals surface area contributed by atoms with Gasteiger partial charge in [0.25, 0.3) is 11.8 Å². The molecule has 588 valence electrons. The van der Waals surface area contributed by atoms with Gasteiger partial charge in [0.2, 0.25) is 29.9 Å². The Labute approximate surface area is 641 Å². The minimum atomic E-state index is -2.06. The van der Waals surface area contributed by atoms with E-state index in [0.29, 0.717) is 93.4 Å². The number of nitrogens with zero attached hydrogens (tertiary/aromatic N) is 6. The second-order valence-electron chi connectivity index (χ2n) is 28.3. The zero-order valence-corrected chi connectivity index (χ0v) is 63.5. The van der Waals surface area contributed by atoms with Crippen molar-refractivity contribution in [2.24, 2.45) is 5.92 Å². The summed E-state index contributed by atoms with van der Waals surface area (Å²) in [4.78, 5) is 109. The number of H-pyrrole nitrogens is 1. The Morgan fingerprint density at radius 1 is 0.745 bits per heavy atom. The van der Waals surface area contributed by atoms with E-state index in [0.717, 1.165) is 68.9 Å². The smallest absolute Gasteiger partial charge is 0.335 e. The Hall–Kier alpha value is -9.83. The second-order valence-corrected chi connectivity index (χ2v) is 28.6. The molecule has 30 nitrogen and oxygen atoms in total. The van der Waals surface area contributed by atoms with Gasteiger partial charge in [0.15, 0.2) is 6.10 Å². The molecule has 6 heterocycles. The number of aliphatic hydroxyl groups excluding tert-OH is 3. The van der Waals surface area contributed by atoms with Crippen LogP contribution in [0.5, 0.6) is 17.2 Å². The predicted octanol–water partition coefficient (Wildman–Crippen LogP) is 5.94.